The van der Waals surface area contributed by atoms with Gasteiger partial charge in [0.1, 0.15) is 11.5 Å². The summed E-state index contributed by atoms with van der Waals surface area (Å²) < 4.78 is 11.2. The normalized spacial score (nSPS) is 31.2. The molecule has 2 aromatic rings. The van der Waals surface area contributed by atoms with Crippen molar-refractivity contribution in [2.75, 3.05) is 13.9 Å². The summed E-state index contributed by atoms with van der Waals surface area (Å²) in [7, 11) is 1.68. The maximum atomic E-state index is 9.62. The molecule has 0 spiro atoms. The Labute approximate surface area is 161 Å². The van der Waals surface area contributed by atoms with Crippen molar-refractivity contribution in [1.82, 2.24) is 0 Å². The van der Waals surface area contributed by atoms with Crippen LogP contribution in [-0.2, 0) is 10.2 Å². The summed E-state index contributed by atoms with van der Waals surface area (Å²) in [6.45, 7) is 0.290. The highest BCUT2D eigenvalue weighted by Gasteiger charge is 2.52. The molecule has 0 aliphatic heterocycles. The van der Waals surface area contributed by atoms with Gasteiger partial charge >= 0.3 is 0 Å². The lowest BCUT2D eigenvalue weighted by Gasteiger charge is -2.57. The van der Waals surface area contributed by atoms with Crippen molar-refractivity contribution in [2.45, 2.75) is 43.9 Å². The lowest BCUT2D eigenvalue weighted by Crippen LogP contribution is -2.48. The van der Waals surface area contributed by atoms with Crippen molar-refractivity contribution < 1.29 is 14.6 Å². The molecule has 0 radical (unpaired) electrons. The Bertz CT molecular complexity index is 789. The van der Waals surface area contributed by atoms with Crippen LogP contribution in [0.5, 0.6) is 11.5 Å². The molecule has 0 atom stereocenters. The molecular formula is C24H28O3. The minimum absolute atomic E-state index is 0.269. The van der Waals surface area contributed by atoms with E-state index in [4.69, 9.17) is 9.47 Å². The third-order valence-corrected chi connectivity index (χ3v) is 7.12. The Balaban J connectivity index is 1.58. The number of benzene rings is 2. The highest BCUT2D eigenvalue weighted by atomic mass is 16.7. The molecule has 1 N–H and O–H groups in total. The van der Waals surface area contributed by atoms with Crippen molar-refractivity contribution in [3.63, 3.8) is 0 Å². The van der Waals surface area contributed by atoms with Gasteiger partial charge in [-0.05, 0) is 97.1 Å². The van der Waals surface area contributed by atoms with E-state index in [-0.39, 0.29) is 12.2 Å². The van der Waals surface area contributed by atoms with Crippen LogP contribution in [0.3, 0.4) is 0 Å². The largest absolute Gasteiger partial charge is 0.508 e. The van der Waals surface area contributed by atoms with Crippen molar-refractivity contribution in [2.24, 2.45) is 17.8 Å². The summed E-state index contributed by atoms with van der Waals surface area (Å²) in [5.74, 6) is 3.97. The number of hydrogen-bond acceptors (Lipinski definition) is 3. The number of rotatable bonds is 5. The van der Waals surface area contributed by atoms with E-state index in [2.05, 4.69) is 18.2 Å². The second-order valence-corrected chi connectivity index (χ2v) is 9.01. The first-order valence-corrected chi connectivity index (χ1v) is 10.2. The molecule has 0 aromatic heterocycles. The average molecular weight is 364 g/mol. The van der Waals surface area contributed by atoms with Gasteiger partial charge in [-0.3, -0.25) is 0 Å². The van der Waals surface area contributed by atoms with Gasteiger partial charge < -0.3 is 14.6 Å². The zero-order chi connectivity index (χ0) is 18.4. The van der Waals surface area contributed by atoms with E-state index >= 15 is 0 Å². The Kier molecular flexibility index (Phi) is 4.16. The molecule has 0 amide bonds. The lowest BCUT2D eigenvalue weighted by molar-refractivity contribution is -0.00880. The molecule has 0 unspecified atom stereocenters. The number of phenolic OH excluding ortho intramolecular Hbond substituents is 1. The monoisotopic (exact) mass is 364 g/mol. The molecule has 2 aromatic carbocycles. The number of hydrogen-bond donors (Lipinski definition) is 1. The smallest absolute Gasteiger partial charge is 0.188 e. The average Bonchev–Trinajstić information content (AvgIpc) is 2.66. The van der Waals surface area contributed by atoms with E-state index in [1.165, 1.54) is 49.7 Å². The molecule has 3 nitrogen and oxygen atoms in total. The molecule has 4 saturated carbocycles. The molecule has 6 rings (SSSR count). The molecule has 142 valence electrons. The maximum absolute atomic E-state index is 9.62. The minimum atomic E-state index is 0.269. The van der Waals surface area contributed by atoms with Gasteiger partial charge in [0.05, 0.1) is 0 Å². The van der Waals surface area contributed by atoms with Crippen LogP contribution in [0.2, 0.25) is 0 Å². The number of phenols is 1. The minimum Gasteiger partial charge on any atom is -0.508 e. The Morgan fingerprint density at radius 1 is 0.889 bits per heavy atom. The molecule has 0 heterocycles. The summed E-state index contributed by atoms with van der Waals surface area (Å²) in [5.41, 5.74) is 3.98. The first-order valence-electron chi connectivity index (χ1n) is 10.2. The van der Waals surface area contributed by atoms with E-state index < -0.39 is 0 Å². The molecular weight excluding hydrogens is 336 g/mol. The first-order chi connectivity index (χ1) is 13.1. The van der Waals surface area contributed by atoms with Crippen LogP contribution in [0.25, 0.3) is 11.1 Å². The van der Waals surface area contributed by atoms with Crippen molar-refractivity contribution in [3.8, 4) is 22.6 Å². The molecule has 0 saturated heterocycles. The summed E-state index contributed by atoms with van der Waals surface area (Å²) >= 11 is 0. The van der Waals surface area contributed by atoms with Gasteiger partial charge in [0.25, 0.3) is 0 Å². The Hall–Kier alpha value is -2.00. The zero-order valence-corrected chi connectivity index (χ0v) is 16.0. The first kappa shape index (κ1) is 17.1. The van der Waals surface area contributed by atoms with E-state index in [0.717, 1.165) is 29.1 Å². The second-order valence-electron chi connectivity index (χ2n) is 9.01. The molecule has 3 heteroatoms. The van der Waals surface area contributed by atoms with Crippen LogP contribution < -0.4 is 4.74 Å². The molecule has 4 fully saturated rings. The Morgan fingerprint density at radius 2 is 1.48 bits per heavy atom. The summed E-state index contributed by atoms with van der Waals surface area (Å²) in [5, 5.41) is 9.62. The van der Waals surface area contributed by atoms with Crippen LogP contribution in [0.1, 0.15) is 44.1 Å². The van der Waals surface area contributed by atoms with Gasteiger partial charge in [-0.1, -0.05) is 18.2 Å². The van der Waals surface area contributed by atoms with Crippen LogP contribution in [0.15, 0.2) is 42.5 Å². The van der Waals surface area contributed by atoms with Crippen LogP contribution in [-0.4, -0.2) is 19.0 Å². The predicted octanol–water partition coefficient (Wildman–Crippen LogP) is 5.51. The van der Waals surface area contributed by atoms with Crippen LogP contribution in [0.4, 0.5) is 0 Å². The third kappa shape index (κ3) is 3.02. The van der Waals surface area contributed by atoms with Crippen molar-refractivity contribution >= 4 is 0 Å². The molecule has 4 bridgehead atoms. The SMILES string of the molecule is COCOc1ccc(-c2ccc(O)cc2)cc1C12CC3CC(CC(C3)C1)C2. The lowest BCUT2D eigenvalue weighted by atomic mass is 9.48. The van der Waals surface area contributed by atoms with Gasteiger partial charge in [-0.2, -0.15) is 0 Å². The van der Waals surface area contributed by atoms with Gasteiger partial charge in [-0.15, -0.1) is 0 Å². The van der Waals surface area contributed by atoms with Crippen LogP contribution >= 0.6 is 0 Å². The van der Waals surface area contributed by atoms with E-state index in [1.807, 2.05) is 12.1 Å². The second kappa shape index (κ2) is 6.56. The number of ether oxygens (including phenoxy) is 2. The number of methoxy groups -OCH3 is 1. The zero-order valence-electron chi connectivity index (χ0n) is 16.0. The fourth-order valence-electron chi connectivity index (χ4n) is 6.47. The summed E-state index contributed by atoms with van der Waals surface area (Å²) in [6, 6.07) is 14.1. The number of aromatic hydroxyl groups is 1. The Morgan fingerprint density at radius 3 is 2.07 bits per heavy atom. The van der Waals surface area contributed by atoms with Gasteiger partial charge in [0, 0.05) is 12.7 Å². The highest BCUT2D eigenvalue weighted by Crippen LogP contribution is 2.62. The van der Waals surface area contributed by atoms with E-state index in [0.29, 0.717) is 5.75 Å². The van der Waals surface area contributed by atoms with Gasteiger partial charge in [0.2, 0.25) is 0 Å². The molecule has 4 aliphatic rings. The predicted molar refractivity (Wildman–Crippen MR) is 106 cm³/mol. The maximum Gasteiger partial charge on any atom is 0.188 e. The standard InChI is InChI=1S/C24H28O3/c1-26-15-27-23-7-4-20(19-2-5-21(25)6-3-19)11-22(23)24-12-16-8-17(13-24)10-18(9-16)14-24/h2-7,11,16-18,25H,8-10,12-15H2,1H3. The molecule has 27 heavy (non-hydrogen) atoms. The fraction of sp³-hybridized carbons (Fsp3) is 0.500. The van der Waals surface area contributed by atoms with E-state index in [9.17, 15) is 5.11 Å². The van der Waals surface area contributed by atoms with Crippen molar-refractivity contribution in [1.29, 1.82) is 0 Å². The van der Waals surface area contributed by atoms with Crippen LogP contribution in [0, 0.1) is 17.8 Å². The van der Waals surface area contributed by atoms with Gasteiger partial charge in [-0.25, -0.2) is 0 Å². The summed E-state index contributed by atoms with van der Waals surface area (Å²) in [4.78, 5) is 0. The summed E-state index contributed by atoms with van der Waals surface area (Å²) in [6.07, 6.45) is 8.23. The van der Waals surface area contributed by atoms with Gasteiger partial charge in [0.15, 0.2) is 6.79 Å². The van der Waals surface area contributed by atoms with Crippen molar-refractivity contribution in [3.05, 3.63) is 48.0 Å². The fourth-order valence-corrected chi connectivity index (χ4v) is 6.47. The topological polar surface area (TPSA) is 38.7 Å². The quantitative estimate of drug-likeness (QED) is 0.711. The molecule has 4 aliphatic carbocycles. The third-order valence-electron chi connectivity index (χ3n) is 7.12. The van der Waals surface area contributed by atoms with E-state index in [1.54, 1.807) is 19.2 Å². The highest BCUT2D eigenvalue weighted by molar-refractivity contribution is 5.67.